The predicted octanol–water partition coefficient (Wildman–Crippen LogP) is 1.70. The molecule has 1 heterocycles. The highest BCUT2D eigenvalue weighted by molar-refractivity contribution is 7.80. The van der Waals surface area contributed by atoms with Crippen LogP contribution < -0.4 is 21.7 Å². The summed E-state index contributed by atoms with van der Waals surface area (Å²) in [4.78, 5) is 55.4. The molecule has 12 heteroatoms. The summed E-state index contributed by atoms with van der Waals surface area (Å²) in [6.07, 6.45) is 1.84. The normalized spacial score (nSPS) is 13.8. The monoisotopic (exact) mass is 617 g/mol. The maximum atomic E-state index is 13.7. The minimum absolute atomic E-state index is 0.0265. The molecule has 0 aliphatic rings. The number of carbonyl (C=O) groups excluding carboxylic acids is 3. The van der Waals surface area contributed by atoms with E-state index in [1.54, 1.807) is 30.5 Å². The number of nitrogens with two attached hydrogens (primary N) is 1. The molecule has 4 unspecified atom stereocenters. The Labute approximate surface area is 259 Å². The van der Waals surface area contributed by atoms with E-state index in [1.807, 2.05) is 42.5 Å². The third kappa shape index (κ3) is 8.62. The van der Waals surface area contributed by atoms with Crippen LogP contribution in [0, 0.1) is 0 Å². The van der Waals surface area contributed by atoms with Crippen molar-refractivity contribution in [3.8, 4) is 5.75 Å². The van der Waals surface area contributed by atoms with E-state index in [0.717, 1.165) is 22.0 Å². The smallest absolute Gasteiger partial charge is 0.326 e. The second-order valence-electron chi connectivity index (χ2n) is 10.4. The lowest BCUT2D eigenvalue weighted by Crippen LogP contribution is -2.58. The van der Waals surface area contributed by atoms with Crippen LogP contribution in [0.3, 0.4) is 0 Å². The van der Waals surface area contributed by atoms with Gasteiger partial charge in [-0.2, -0.15) is 12.6 Å². The van der Waals surface area contributed by atoms with E-state index in [2.05, 4.69) is 33.6 Å². The average Bonchev–Trinajstić information content (AvgIpc) is 3.43. The number of amides is 3. The van der Waals surface area contributed by atoms with Gasteiger partial charge in [0.25, 0.3) is 0 Å². The molecule has 0 bridgehead atoms. The number of carboxylic acids is 1. The van der Waals surface area contributed by atoms with Gasteiger partial charge in [0.15, 0.2) is 0 Å². The first-order valence-electron chi connectivity index (χ1n) is 14.0. The van der Waals surface area contributed by atoms with Gasteiger partial charge in [-0.1, -0.05) is 60.7 Å². The summed E-state index contributed by atoms with van der Waals surface area (Å²) < 4.78 is 0. The number of hydrogen-bond acceptors (Lipinski definition) is 7. The summed E-state index contributed by atoms with van der Waals surface area (Å²) >= 11 is 4.08. The highest BCUT2D eigenvalue weighted by atomic mass is 32.1. The van der Waals surface area contributed by atoms with Gasteiger partial charge in [-0.15, -0.1) is 0 Å². The number of hydrogen-bond donors (Lipinski definition) is 8. The van der Waals surface area contributed by atoms with E-state index in [0.29, 0.717) is 5.56 Å². The molecule has 0 saturated heterocycles. The number of aromatic hydroxyl groups is 1. The molecule has 230 valence electrons. The second-order valence-corrected chi connectivity index (χ2v) is 10.8. The number of benzene rings is 3. The Balaban J connectivity index is 1.60. The summed E-state index contributed by atoms with van der Waals surface area (Å²) in [5, 5.41) is 28.3. The molecule has 0 aliphatic carbocycles. The van der Waals surface area contributed by atoms with Crippen molar-refractivity contribution < 1.29 is 29.4 Å². The Morgan fingerprint density at radius 3 is 1.93 bits per heavy atom. The van der Waals surface area contributed by atoms with Crippen LogP contribution in [0.25, 0.3) is 10.9 Å². The number of para-hydroxylation sites is 1. The van der Waals surface area contributed by atoms with Crippen molar-refractivity contribution in [3.63, 3.8) is 0 Å². The molecule has 4 atom stereocenters. The fourth-order valence-electron chi connectivity index (χ4n) is 4.76. The molecule has 0 spiro atoms. The molecule has 0 aliphatic heterocycles. The van der Waals surface area contributed by atoms with E-state index in [4.69, 9.17) is 5.73 Å². The molecule has 3 amide bonds. The van der Waals surface area contributed by atoms with Crippen molar-refractivity contribution in [1.29, 1.82) is 0 Å². The van der Waals surface area contributed by atoms with E-state index in [1.165, 1.54) is 12.1 Å². The largest absolute Gasteiger partial charge is 0.508 e. The van der Waals surface area contributed by atoms with Crippen molar-refractivity contribution in [1.82, 2.24) is 20.9 Å². The Hall–Kier alpha value is -4.81. The number of carbonyl (C=O) groups is 4. The number of aromatic nitrogens is 1. The zero-order valence-corrected chi connectivity index (χ0v) is 24.7. The zero-order valence-electron chi connectivity index (χ0n) is 23.8. The van der Waals surface area contributed by atoms with E-state index in [-0.39, 0.29) is 30.8 Å². The van der Waals surface area contributed by atoms with E-state index in [9.17, 15) is 29.4 Å². The van der Waals surface area contributed by atoms with Gasteiger partial charge in [-0.25, -0.2) is 4.79 Å². The fourth-order valence-corrected chi connectivity index (χ4v) is 4.93. The van der Waals surface area contributed by atoms with Crippen LogP contribution in [0.1, 0.15) is 16.7 Å². The zero-order chi connectivity index (χ0) is 31.6. The van der Waals surface area contributed by atoms with E-state index < -0.39 is 47.9 Å². The van der Waals surface area contributed by atoms with Gasteiger partial charge in [-0.3, -0.25) is 14.4 Å². The quantitative estimate of drug-likeness (QED) is 0.0989. The number of phenols is 1. The third-order valence-corrected chi connectivity index (χ3v) is 7.57. The molecule has 0 saturated carbocycles. The van der Waals surface area contributed by atoms with Gasteiger partial charge in [0.1, 0.15) is 23.9 Å². The second kappa shape index (κ2) is 15.1. The number of phenolic OH excluding ortho intramolecular Hbond substituents is 1. The van der Waals surface area contributed by atoms with Gasteiger partial charge in [0, 0.05) is 42.1 Å². The van der Waals surface area contributed by atoms with Gasteiger partial charge >= 0.3 is 5.97 Å². The Kier molecular flexibility index (Phi) is 11.0. The van der Waals surface area contributed by atoms with Crippen molar-refractivity contribution >= 4 is 47.2 Å². The number of aliphatic carboxylic acids is 1. The summed E-state index contributed by atoms with van der Waals surface area (Å²) in [5.41, 5.74) is 8.76. The number of aromatic amines is 1. The first-order chi connectivity index (χ1) is 21.1. The molecular formula is C32H35N5O6S. The lowest BCUT2D eigenvalue weighted by atomic mass is 10.0. The van der Waals surface area contributed by atoms with Crippen LogP contribution in [0.15, 0.2) is 85.1 Å². The van der Waals surface area contributed by atoms with Gasteiger partial charge in [-0.05, 0) is 34.9 Å². The van der Waals surface area contributed by atoms with Crippen LogP contribution in [-0.4, -0.2) is 68.8 Å². The number of H-pyrrole nitrogens is 1. The van der Waals surface area contributed by atoms with Gasteiger partial charge in [0.05, 0.1) is 6.04 Å². The molecular weight excluding hydrogens is 582 g/mol. The van der Waals surface area contributed by atoms with Crippen LogP contribution in [-0.2, 0) is 38.4 Å². The molecule has 4 rings (SSSR count). The molecule has 4 aromatic rings. The number of rotatable bonds is 14. The Morgan fingerprint density at radius 1 is 0.727 bits per heavy atom. The topological polar surface area (TPSA) is 187 Å². The highest BCUT2D eigenvalue weighted by Crippen LogP contribution is 2.20. The molecule has 3 aromatic carbocycles. The standard InChI is InChI=1S/C32H35N5O6S/c33-24(18-44)29(39)35-26(14-19-6-2-1-3-7-19)30(40)36-27(16-21-17-34-25-9-5-4-8-23(21)25)31(41)37-28(32(42)43)15-20-10-12-22(38)13-11-20/h1-13,17,24,26-28,34,38,44H,14-16,18,33H2,(H,35,39)(H,36,40)(H,37,41)(H,42,43). The van der Waals surface area contributed by atoms with Crippen molar-refractivity contribution in [2.75, 3.05) is 5.75 Å². The summed E-state index contributed by atoms with van der Waals surface area (Å²) in [7, 11) is 0. The van der Waals surface area contributed by atoms with Crippen molar-refractivity contribution in [2.45, 2.75) is 43.4 Å². The van der Waals surface area contributed by atoms with Crippen molar-refractivity contribution in [2.24, 2.45) is 5.73 Å². The average molecular weight is 618 g/mol. The maximum absolute atomic E-state index is 13.7. The van der Waals surface area contributed by atoms with Crippen LogP contribution >= 0.6 is 12.6 Å². The molecule has 8 N–H and O–H groups in total. The molecule has 11 nitrogen and oxygen atoms in total. The van der Waals surface area contributed by atoms with Gasteiger partial charge < -0.3 is 36.9 Å². The molecule has 0 radical (unpaired) electrons. The predicted molar refractivity (Wildman–Crippen MR) is 169 cm³/mol. The van der Waals surface area contributed by atoms with Crippen LogP contribution in [0.4, 0.5) is 0 Å². The first-order valence-corrected chi connectivity index (χ1v) is 14.6. The third-order valence-electron chi connectivity index (χ3n) is 7.17. The minimum Gasteiger partial charge on any atom is -0.508 e. The lowest BCUT2D eigenvalue weighted by molar-refractivity contribution is -0.142. The first kappa shape index (κ1) is 32.1. The maximum Gasteiger partial charge on any atom is 0.326 e. The summed E-state index contributed by atoms with van der Waals surface area (Å²) in [6.45, 7) is 0. The molecule has 44 heavy (non-hydrogen) atoms. The summed E-state index contributed by atoms with van der Waals surface area (Å²) in [5.74, 6) is -3.11. The highest BCUT2D eigenvalue weighted by Gasteiger charge is 2.31. The summed E-state index contributed by atoms with van der Waals surface area (Å²) in [6, 6.07) is 17.9. The number of carboxylic acid groups (broad SMARTS) is 1. The van der Waals surface area contributed by atoms with Crippen LogP contribution in [0.5, 0.6) is 5.75 Å². The molecule has 0 fully saturated rings. The number of nitrogens with one attached hydrogen (secondary N) is 4. The van der Waals surface area contributed by atoms with Crippen molar-refractivity contribution in [3.05, 3.63) is 102 Å². The molecule has 1 aromatic heterocycles. The Morgan fingerprint density at radius 2 is 1.27 bits per heavy atom. The minimum atomic E-state index is -1.32. The lowest BCUT2D eigenvalue weighted by Gasteiger charge is -2.25. The van der Waals surface area contributed by atoms with Crippen LogP contribution in [0.2, 0.25) is 0 Å². The Bertz CT molecular complexity index is 1590. The number of fused-ring (bicyclic) bond motifs is 1. The fraction of sp³-hybridized carbons (Fsp3) is 0.250. The van der Waals surface area contributed by atoms with Gasteiger partial charge in [0.2, 0.25) is 17.7 Å². The SMILES string of the molecule is NC(CS)C(=O)NC(Cc1ccccc1)C(=O)NC(Cc1c[nH]c2ccccc12)C(=O)NC(Cc1ccc(O)cc1)C(=O)O. The number of thiol groups is 1. The van der Waals surface area contributed by atoms with E-state index >= 15 is 0 Å².